The molecule has 3 amide bonds. The van der Waals surface area contributed by atoms with E-state index in [0.717, 1.165) is 4.90 Å². The van der Waals surface area contributed by atoms with Crippen molar-refractivity contribution in [3.63, 3.8) is 0 Å². The van der Waals surface area contributed by atoms with Crippen molar-refractivity contribution in [1.82, 2.24) is 10.6 Å². The van der Waals surface area contributed by atoms with Crippen LogP contribution in [0.5, 0.6) is 0 Å². The Balaban J connectivity index is 2.54. The van der Waals surface area contributed by atoms with Gasteiger partial charge in [0.05, 0.1) is 5.25 Å². The lowest BCUT2D eigenvalue weighted by Crippen LogP contribution is -2.41. The van der Waals surface area contributed by atoms with Gasteiger partial charge in [-0.1, -0.05) is 11.6 Å². The molecule has 6 heteroatoms. The fraction of sp³-hybridized carbons (Fsp3) is 0.273. The van der Waals surface area contributed by atoms with Gasteiger partial charge in [-0.25, -0.2) is 4.79 Å². The van der Waals surface area contributed by atoms with Crippen molar-refractivity contribution in [3.8, 4) is 0 Å². The monoisotopic (exact) mass is 272 g/mol. The van der Waals surface area contributed by atoms with Crippen LogP contribution in [0.3, 0.4) is 0 Å². The van der Waals surface area contributed by atoms with Crippen molar-refractivity contribution >= 4 is 35.3 Å². The van der Waals surface area contributed by atoms with E-state index in [1.54, 1.807) is 19.1 Å². The van der Waals surface area contributed by atoms with E-state index in [2.05, 4.69) is 10.6 Å². The molecule has 0 bridgehead atoms. The summed E-state index contributed by atoms with van der Waals surface area (Å²) in [5, 5.41) is 4.85. The standard InChI is InChI=1S/C11H13ClN2O2S/c1-7(10(15)14-11(16)13-2)17-9-5-3-8(12)4-6-9/h3-7H,1-2H3,(H2,13,14,15,16). The van der Waals surface area contributed by atoms with Crippen molar-refractivity contribution in [2.24, 2.45) is 0 Å². The Hall–Kier alpha value is -1.20. The van der Waals surface area contributed by atoms with Crippen molar-refractivity contribution in [2.75, 3.05) is 7.05 Å². The van der Waals surface area contributed by atoms with Gasteiger partial charge in [0.2, 0.25) is 5.91 Å². The second-order valence-electron chi connectivity index (χ2n) is 3.28. The van der Waals surface area contributed by atoms with Gasteiger partial charge < -0.3 is 5.32 Å². The molecule has 92 valence electrons. The zero-order valence-corrected chi connectivity index (χ0v) is 11.1. The minimum Gasteiger partial charge on any atom is -0.341 e. The zero-order chi connectivity index (χ0) is 12.8. The normalized spacial score (nSPS) is 11.7. The van der Waals surface area contributed by atoms with Gasteiger partial charge >= 0.3 is 6.03 Å². The van der Waals surface area contributed by atoms with Crippen LogP contribution in [-0.2, 0) is 4.79 Å². The smallest absolute Gasteiger partial charge is 0.321 e. The highest BCUT2D eigenvalue weighted by molar-refractivity contribution is 8.00. The molecule has 1 unspecified atom stereocenters. The third-order valence-electron chi connectivity index (χ3n) is 1.96. The summed E-state index contributed by atoms with van der Waals surface area (Å²) in [7, 11) is 1.46. The fourth-order valence-corrected chi connectivity index (χ4v) is 2.04. The molecule has 4 nitrogen and oxygen atoms in total. The van der Waals surface area contributed by atoms with Crippen molar-refractivity contribution < 1.29 is 9.59 Å². The predicted octanol–water partition coefficient (Wildman–Crippen LogP) is 2.28. The minimum atomic E-state index is -0.501. The van der Waals surface area contributed by atoms with E-state index in [-0.39, 0.29) is 11.2 Å². The summed E-state index contributed by atoms with van der Waals surface area (Å²) in [5.41, 5.74) is 0. The van der Waals surface area contributed by atoms with Crippen LogP contribution in [0.15, 0.2) is 29.2 Å². The van der Waals surface area contributed by atoms with Gasteiger partial charge in [0, 0.05) is 17.0 Å². The highest BCUT2D eigenvalue weighted by atomic mass is 35.5. The van der Waals surface area contributed by atoms with E-state index in [0.29, 0.717) is 5.02 Å². The molecule has 0 saturated carbocycles. The summed E-state index contributed by atoms with van der Waals surface area (Å²) in [4.78, 5) is 23.4. The first kappa shape index (κ1) is 13.9. The Bertz CT molecular complexity index is 408. The molecule has 2 N–H and O–H groups in total. The Labute approximate surface area is 109 Å². The maximum atomic E-state index is 11.6. The van der Waals surface area contributed by atoms with Crippen molar-refractivity contribution in [2.45, 2.75) is 17.1 Å². The van der Waals surface area contributed by atoms with Gasteiger partial charge in [-0.05, 0) is 31.2 Å². The highest BCUT2D eigenvalue weighted by Crippen LogP contribution is 2.24. The van der Waals surface area contributed by atoms with Gasteiger partial charge in [-0.2, -0.15) is 0 Å². The summed E-state index contributed by atoms with van der Waals surface area (Å²) < 4.78 is 0. The SMILES string of the molecule is CNC(=O)NC(=O)C(C)Sc1ccc(Cl)cc1. The number of amides is 3. The van der Waals surface area contributed by atoms with Crippen LogP contribution in [0.4, 0.5) is 4.79 Å². The molecule has 1 aromatic rings. The molecule has 1 rings (SSSR count). The van der Waals surface area contributed by atoms with Crippen LogP contribution in [0.25, 0.3) is 0 Å². The largest absolute Gasteiger partial charge is 0.341 e. The summed E-state index contributed by atoms with van der Waals surface area (Å²) in [6.45, 7) is 1.73. The second-order valence-corrected chi connectivity index (χ2v) is 5.13. The van der Waals surface area contributed by atoms with Gasteiger partial charge in [-0.3, -0.25) is 10.1 Å². The number of carbonyl (C=O) groups is 2. The van der Waals surface area contributed by atoms with E-state index >= 15 is 0 Å². The van der Waals surface area contributed by atoms with Gasteiger partial charge in [0.1, 0.15) is 0 Å². The van der Waals surface area contributed by atoms with Crippen molar-refractivity contribution in [3.05, 3.63) is 29.3 Å². The molecule has 0 spiro atoms. The number of imide groups is 1. The Morgan fingerprint density at radius 2 is 1.88 bits per heavy atom. The van der Waals surface area contributed by atoms with Gasteiger partial charge in [-0.15, -0.1) is 11.8 Å². The van der Waals surface area contributed by atoms with E-state index in [9.17, 15) is 9.59 Å². The molecule has 0 radical (unpaired) electrons. The van der Waals surface area contributed by atoms with Gasteiger partial charge in [0.15, 0.2) is 0 Å². The number of rotatable bonds is 3. The lowest BCUT2D eigenvalue weighted by atomic mass is 10.4. The maximum Gasteiger partial charge on any atom is 0.321 e. The maximum absolute atomic E-state index is 11.6. The molecule has 0 saturated heterocycles. The summed E-state index contributed by atoms with van der Waals surface area (Å²) in [5.74, 6) is -0.329. The first-order valence-corrected chi connectivity index (χ1v) is 6.23. The second kappa shape index (κ2) is 6.51. The lowest BCUT2D eigenvalue weighted by Gasteiger charge is -2.10. The third-order valence-corrected chi connectivity index (χ3v) is 3.32. The number of nitrogens with one attached hydrogen (secondary N) is 2. The number of hydrogen-bond acceptors (Lipinski definition) is 3. The summed E-state index contributed by atoms with van der Waals surface area (Å²) in [6.07, 6.45) is 0. The zero-order valence-electron chi connectivity index (χ0n) is 9.49. The van der Waals surface area contributed by atoms with Crippen LogP contribution in [0, 0.1) is 0 Å². The van der Waals surface area contributed by atoms with Crippen LogP contribution >= 0.6 is 23.4 Å². The molecular weight excluding hydrogens is 260 g/mol. The third kappa shape index (κ3) is 4.66. The molecule has 17 heavy (non-hydrogen) atoms. The number of hydrogen-bond donors (Lipinski definition) is 2. The molecule has 0 aliphatic heterocycles. The first-order valence-electron chi connectivity index (χ1n) is 4.97. The highest BCUT2D eigenvalue weighted by Gasteiger charge is 2.16. The predicted molar refractivity (Wildman–Crippen MR) is 69.4 cm³/mol. The van der Waals surface area contributed by atoms with E-state index in [1.807, 2.05) is 12.1 Å². The molecule has 0 aromatic heterocycles. The van der Waals surface area contributed by atoms with E-state index in [4.69, 9.17) is 11.6 Å². The van der Waals surface area contributed by atoms with Crippen LogP contribution in [0.2, 0.25) is 5.02 Å². The van der Waals surface area contributed by atoms with Gasteiger partial charge in [0.25, 0.3) is 0 Å². The number of thioether (sulfide) groups is 1. The number of halogens is 1. The number of urea groups is 1. The quantitative estimate of drug-likeness (QED) is 0.830. The topological polar surface area (TPSA) is 58.2 Å². The van der Waals surface area contributed by atoms with Crippen molar-refractivity contribution in [1.29, 1.82) is 0 Å². The molecule has 0 aliphatic carbocycles. The molecule has 0 heterocycles. The molecule has 0 fully saturated rings. The van der Waals surface area contributed by atoms with Crippen LogP contribution in [0.1, 0.15) is 6.92 Å². The summed E-state index contributed by atoms with van der Waals surface area (Å²) >= 11 is 7.12. The molecule has 1 aromatic carbocycles. The number of benzene rings is 1. The fourth-order valence-electron chi connectivity index (χ4n) is 1.05. The Morgan fingerprint density at radius 3 is 2.41 bits per heavy atom. The minimum absolute atomic E-state index is 0.329. The van der Waals surface area contributed by atoms with E-state index in [1.165, 1.54) is 18.8 Å². The molecular formula is C11H13ClN2O2S. The molecule has 0 aliphatic rings. The number of carbonyl (C=O) groups excluding carboxylic acids is 2. The Kier molecular flexibility index (Phi) is 5.31. The average Bonchev–Trinajstić information content (AvgIpc) is 2.31. The summed E-state index contributed by atoms with van der Waals surface area (Å²) in [6, 6.07) is 6.67. The van der Waals surface area contributed by atoms with Crippen LogP contribution in [-0.4, -0.2) is 24.2 Å². The average molecular weight is 273 g/mol. The lowest BCUT2D eigenvalue weighted by molar-refractivity contribution is -0.119. The van der Waals surface area contributed by atoms with E-state index < -0.39 is 6.03 Å². The Morgan fingerprint density at radius 1 is 1.29 bits per heavy atom. The first-order chi connectivity index (χ1) is 8.02. The van der Waals surface area contributed by atoms with Crippen LogP contribution < -0.4 is 10.6 Å². The molecule has 1 atom stereocenters.